The fraction of sp³-hybridized carbons (Fsp3) is 0.167. The summed E-state index contributed by atoms with van der Waals surface area (Å²) in [5.41, 5.74) is 0.923. The van der Waals surface area contributed by atoms with Crippen molar-refractivity contribution >= 4 is 20.9 Å². The van der Waals surface area contributed by atoms with Crippen LogP contribution >= 0.6 is 0 Å². The first-order valence-corrected chi connectivity index (χ1v) is 6.42. The van der Waals surface area contributed by atoms with Gasteiger partial charge in [-0.1, -0.05) is 18.2 Å². The molecule has 0 aromatic heterocycles. The van der Waals surface area contributed by atoms with Crippen molar-refractivity contribution in [3.05, 3.63) is 35.9 Å². The Kier molecular flexibility index (Phi) is 2.81. The molecule has 0 fully saturated rings. The van der Waals surface area contributed by atoms with E-state index >= 15 is 0 Å². The largest absolute Gasteiger partial charge is 0.496 e. The van der Waals surface area contributed by atoms with Gasteiger partial charge in [0, 0.05) is 11.5 Å². The first-order valence-electron chi connectivity index (χ1n) is 4.98. The van der Waals surface area contributed by atoms with Crippen LogP contribution in [0.3, 0.4) is 0 Å². The van der Waals surface area contributed by atoms with E-state index in [4.69, 9.17) is 9.29 Å². The predicted molar refractivity (Wildman–Crippen MR) is 65.1 cm³/mol. The van der Waals surface area contributed by atoms with Gasteiger partial charge in [0.05, 0.1) is 12.0 Å². The first kappa shape index (κ1) is 11.9. The Hall–Kier alpha value is -1.59. The molecule has 0 aliphatic carbocycles. The average Bonchev–Trinajstić information content (AvgIpc) is 2.27. The van der Waals surface area contributed by atoms with Crippen molar-refractivity contribution in [2.75, 3.05) is 7.11 Å². The number of hydrogen-bond donors (Lipinski definition) is 1. The van der Waals surface area contributed by atoms with Crippen molar-refractivity contribution in [2.45, 2.75) is 11.8 Å². The third-order valence-corrected chi connectivity index (χ3v) is 3.50. The van der Waals surface area contributed by atoms with Gasteiger partial charge in [-0.25, -0.2) is 0 Å². The highest BCUT2D eigenvalue weighted by Crippen LogP contribution is 2.31. The van der Waals surface area contributed by atoms with Gasteiger partial charge in [-0.15, -0.1) is 0 Å². The van der Waals surface area contributed by atoms with E-state index in [0.29, 0.717) is 5.75 Å². The van der Waals surface area contributed by atoms with Crippen LogP contribution < -0.4 is 4.74 Å². The molecular formula is C12H12O4S. The lowest BCUT2D eigenvalue weighted by Gasteiger charge is -2.09. The minimum absolute atomic E-state index is 0.156. The summed E-state index contributed by atoms with van der Waals surface area (Å²) in [6, 6.07) is 8.34. The molecule has 2 aromatic carbocycles. The summed E-state index contributed by atoms with van der Waals surface area (Å²) >= 11 is 0. The third-order valence-electron chi connectivity index (χ3n) is 2.67. The normalized spacial score (nSPS) is 11.7. The Labute approximate surface area is 99.6 Å². The summed E-state index contributed by atoms with van der Waals surface area (Å²) < 4.78 is 36.5. The minimum Gasteiger partial charge on any atom is -0.496 e. The van der Waals surface area contributed by atoms with Crippen LogP contribution in [0.25, 0.3) is 10.8 Å². The van der Waals surface area contributed by atoms with E-state index in [1.54, 1.807) is 0 Å². The smallest absolute Gasteiger partial charge is 0.294 e. The predicted octanol–water partition coefficient (Wildman–Crippen LogP) is 2.40. The minimum atomic E-state index is -4.22. The zero-order valence-electron chi connectivity index (χ0n) is 9.47. The molecule has 0 saturated carbocycles. The summed E-state index contributed by atoms with van der Waals surface area (Å²) in [5.74, 6) is 0.429. The van der Waals surface area contributed by atoms with Gasteiger partial charge in [0.1, 0.15) is 5.75 Å². The van der Waals surface area contributed by atoms with Crippen LogP contribution in [0.4, 0.5) is 0 Å². The zero-order valence-corrected chi connectivity index (χ0v) is 10.3. The molecule has 0 radical (unpaired) electrons. The summed E-state index contributed by atoms with van der Waals surface area (Å²) in [5, 5.41) is 1.57. The van der Waals surface area contributed by atoms with Crippen molar-refractivity contribution in [1.82, 2.24) is 0 Å². The topological polar surface area (TPSA) is 63.6 Å². The quantitative estimate of drug-likeness (QED) is 0.834. The Morgan fingerprint density at radius 3 is 2.47 bits per heavy atom. The lowest BCUT2D eigenvalue weighted by molar-refractivity contribution is 0.417. The number of rotatable bonds is 2. The summed E-state index contributed by atoms with van der Waals surface area (Å²) in [6.07, 6.45) is 0. The molecule has 0 heterocycles. The second-order valence-electron chi connectivity index (χ2n) is 3.77. The third kappa shape index (κ3) is 2.11. The van der Waals surface area contributed by atoms with E-state index in [0.717, 1.165) is 16.3 Å². The van der Waals surface area contributed by atoms with Crippen LogP contribution in [0.1, 0.15) is 5.56 Å². The lowest BCUT2D eigenvalue weighted by Crippen LogP contribution is -1.99. The molecule has 5 heteroatoms. The Morgan fingerprint density at radius 2 is 1.88 bits per heavy atom. The maximum Gasteiger partial charge on any atom is 0.294 e. The summed E-state index contributed by atoms with van der Waals surface area (Å²) in [7, 11) is -2.76. The molecule has 1 N–H and O–H groups in total. The number of hydrogen-bond acceptors (Lipinski definition) is 3. The van der Waals surface area contributed by atoms with E-state index in [1.165, 1.54) is 19.2 Å². The molecule has 2 rings (SSSR count). The number of benzene rings is 2. The van der Waals surface area contributed by atoms with E-state index in [-0.39, 0.29) is 4.90 Å². The average molecular weight is 252 g/mol. The van der Waals surface area contributed by atoms with E-state index in [1.807, 2.05) is 25.1 Å². The Morgan fingerprint density at radius 1 is 1.18 bits per heavy atom. The Bertz CT molecular complexity index is 674. The molecule has 0 atom stereocenters. The van der Waals surface area contributed by atoms with Gasteiger partial charge in [0.2, 0.25) is 0 Å². The zero-order chi connectivity index (χ0) is 12.6. The maximum atomic E-state index is 11.2. The molecule has 0 saturated heterocycles. The summed E-state index contributed by atoms with van der Waals surface area (Å²) in [6.45, 7) is 1.87. The van der Waals surface area contributed by atoms with Crippen LogP contribution in [0.15, 0.2) is 35.2 Å². The maximum absolute atomic E-state index is 11.2. The molecule has 0 spiro atoms. The molecule has 90 valence electrons. The van der Waals surface area contributed by atoms with Gasteiger partial charge in [0.15, 0.2) is 0 Å². The molecule has 0 bridgehead atoms. The van der Waals surface area contributed by atoms with Crippen molar-refractivity contribution in [3.8, 4) is 5.75 Å². The molecule has 17 heavy (non-hydrogen) atoms. The molecule has 0 amide bonds. The van der Waals surface area contributed by atoms with Crippen molar-refractivity contribution in [3.63, 3.8) is 0 Å². The van der Waals surface area contributed by atoms with Crippen LogP contribution in [0.2, 0.25) is 0 Å². The van der Waals surface area contributed by atoms with Gasteiger partial charge in [0.25, 0.3) is 10.1 Å². The van der Waals surface area contributed by atoms with E-state index in [9.17, 15) is 8.42 Å². The molecule has 0 unspecified atom stereocenters. The van der Waals surface area contributed by atoms with Crippen LogP contribution in [0.5, 0.6) is 5.75 Å². The van der Waals surface area contributed by atoms with Gasteiger partial charge < -0.3 is 4.74 Å². The van der Waals surface area contributed by atoms with Gasteiger partial charge in [-0.05, 0) is 23.9 Å². The van der Waals surface area contributed by atoms with Gasteiger partial charge in [-0.2, -0.15) is 8.42 Å². The van der Waals surface area contributed by atoms with Crippen molar-refractivity contribution < 1.29 is 17.7 Å². The van der Waals surface area contributed by atoms with E-state index < -0.39 is 10.1 Å². The van der Waals surface area contributed by atoms with Crippen molar-refractivity contribution in [2.24, 2.45) is 0 Å². The monoisotopic (exact) mass is 252 g/mol. The highest BCUT2D eigenvalue weighted by Gasteiger charge is 2.14. The number of methoxy groups -OCH3 is 1. The number of ether oxygens (including phenoxy) is 1. The molecule has 0 aliphatic rings. The van der Waals surface area contributed by atoms with Gasteiger partial charge in [-0.3, -0.25) is 4.55 Å². The van der Waals surface area contributed by atoms with Crippen LogP contribution in [-0.2, 0) is 10.1 Å². The molecule has 0 aliphatic heterocycles. The second-order valence-corrected chi connectivity index (χ2v) is 5.19. The van der Waals surface area contributed by atoms with Gasteiger partial charge >= 0.3 is 0 Å². The number of aryl methyl sites for hydroxylation is 1. The van der Waals surface area contributed by atoms with E-state index in [2.05, 4.69) is 0 Å². The molecular weight excluding hydrogens is 240 g/mol. The van der Waals surface area contributed by atoms with Crippen LogP contribution in [0, 0.1) is 6.92 Å². The first-order chi connectivity index (χ1) is 7.93. The van der Waals surface area contributed by atoms with Crippen LogP contribution in [-0.4, -0.2) is 20.1 Å². The second kappa shape index (κ2) is 4.01. The summed E-state index contributed by atoms with van der Waals surface area (Å²) in [4.78, 5) is -0.156. The SMILES string of the molecule is COc1cc(S(=O)(=O)O)cc2c(C)cccc12. The standard InChI is InChI=1S/C12H12O4S/c1-8-4-3-5-10-11(8)6-9(17(13,14)15)7-12(10)16-2/h3-7H,1-2H3,(H,13,14,15). The lowest BCUT2D eigenvalue weighted by atomic mass is 10.1. The fourth-order valence-corrected chi connectivity index (χ4v) is 2.32. The van der Waals surface area contributed by atoms with Crippen molar-refractivity contribution in [1.29, 1.82) is 0 Å². The highest BCUT2D eigenvalue weighted by molar-refractivity contribution is 7.85. The fourth-order valence-electron chi connectivity index (χ4n) is 1.80. The highest BCUT2D eigenvalue weighted by atomic mass is 32.2. The molecule has 4 nitrogen and oxygen atoms in total. The molecule has 2 aromatic rings. The number of fused-ring (bicyclic) bond motifs is 1. The Balaban J connectivity index is 2.91.